The molecule has 0 unspecified atom stereocenters. The highest BCUT2D eigenvalue weighted by molar-refractivity contribution is 6.34. The number of nitrogens with two attached hydrogens (primary N) is 1. The molecule has 1 aromatic carbocycles. The van der Waals surface area contributed by atoms with Crippen molar-refractivity contribution >= 4 is 11.8 Å². The van der Waals surface area contributed by atoms with Gasteiger partial charge >= 0.3 is 5.97 Å². The van der Waals surface area contributed by atoms with Crippen LogP contribution in [0.1, 0.15) is 18.1 Å². The van der Waals surface area contributed by atoms with Gasteiger partial charge in [0.1, 0.15) is 0 Å². The van der Waals surface area contributed by atoms with Crippen molar-refractivity contribution in [3.05, 3.63) is 35.4 Å². The first-order chi connectivity index (χ1) is 8.13. The molecule has 0 atom stereocenters. The van der Waals surface area contributed by atoms with Crippen molar-refractivity contribution in [2.24, 2.45) is 10.8 Å². The lowest BCUT2D eigenvalue weighted by atomic mass is 10.1. The van der Waals surface area contributed by atoms with Crippen LogP contribution in [0, 0.1) is 6.92 Å². The third-order valence-electron chi connectivity index (χ3n) is 2.09. The van der Waals surface area contributed by atoms with E-state index in [1.807, 2.05) is 31.2 Å². The third kappa shape index (κ3) is 4.55. The number of nitrogens with zero attached hydrogens (tertiary/aromatic N) is 1. The summed E-state index contributed by atoms with van der Waals surface area (Å²) in [5.41, 5.74) is 10.4. The molecule has 1 aromatic rings. The zero-order valence-corrected chi connectivity index (χ0v) is 10.1. The molecule has 0 saturated carbocycles. The predicted octanol–water partition coefficient (Wildman–Crippen LogP) is 0.920. The molecule has 0 amide bonds. The van der Waals surface area contributed by atoms with Crippen LogP contribution in [-0.4, -0.2) is 18.4 Å². The molecule has 5 heteroatoms. The first kappa shape index (κ1) is 13.0. The van der Waals surface area contributed by atoms with Crippen LogP contribution >= 0.6 is 0 Å². The number of hydrogen-bond donors (Lipinski definition) is 2. The van der Waals surface area contributed by atoms with Crippen LogP contribution in [0.5, 0.6) is 0 Å². The van der Waals surface area contributed by atoms with Crippen molar-refractivity contribution in [1.82, 2.24) is 5.43 Å². The van der Waals surface area contributed by atoms with Gasteiger partial charge in [0, 0.05) is 0 Å². The molecule has 1 rings (SSSR count). The Morgan fingerprint density at radius 3 is 2.65 bits per heavy atom. The lowest BCUT2D eigenvalue weighted by Gasteiger charge is -2.03. The minimum absolute atomic E-state index is 0.168. The van der Waals surface area contributed by atoms with Gasteiger partial charge in [-0.05, 0) is 19.4 Å². The van der Waals surface area contributed by atoms with Crippen molar-refractivity contribution in [3.8, 4) is 0 Å². The minimum Gasteiger partial charge on any atom is -0.460 e. The molecule has 0 fully saturated rings. The molecule has 0 saturated heterocycles. The Morgan fingerprint density at radius 2 is 2.06 bits per heavy atom. The summed E-state index contributed by atoms with van der Waals surface area (Å²) < 4.78 is 4.69. The number of benzene rings is 1. The number of ether oxygens (including phenoxy) is 1. The summed E-state index contributed by atoms with van der Waals surface area (Å²) >= 11 is 0. The van der Waals surface area contributed by atoms with E-state index in [0.29, 0.717) is 6.54 Å². The molecule has 0 spiro atoms. The molecular formula is C12H17N3O2. The fourth-order valence-corrected chi connectivity index (χ4v) is 1.17. The van der Waals surface area contributed by atoms with E-state index in [4.69, 9.17) is 5.73 Å². The van der Waals surface area contributed by atoms with E-state index in [1.165, 1.54) is 5.56 Å². The average Bonchev–Trinajstić information content (AvgIpc) is 2.32. The standard InChI is InChI=1S/C12H17N3O2/c1-3-17-12(16)11(13)15-14-8-10-6-4-9(2)5-7-10/h4-7,14H,3,8H2,1-2H3,(H2,13,15). The highest BCUT2D eigenvalue weighted by Gasteiger charge is 2.06. The molecule has 0 aromatic heterocycles. The van der Waals surface area contributed by atoms with Gasteiger partial charge in [-0.25, -0.2) is 4.79 Å². The molecule has 17 heavy (non-hydrogen) atoms. The van der Waals surface area contributed by atoms with Crippen LogP contribution in [0.25, 0.3) is 0 Å². The predicted molar refractivity (Wildman–Crippen MR) is 66.3 cm³/mol. The summed E-state index contributed by atoms with van der Waals surface area (Å²) in [6.45, 7) is 4.53. The van der Waals surface area contributed by atoms with Gasteiger partial charge in [-0.3, -0.25) is 0 Å². The summed E-state index contributed by atoms with van der Waals surface area (Å²) in [5, 5.41) is 3.73. The van der Waals surface area contributed by atoms with E-state index in [0.717, 1.165) is 5.56 Å². The summed E-state index contributed by atoms with van der Waals surface area (Å²) in [4.78, 5) is 11.1. The fourth-order valence-electron chi connectivity index (χ4n) is 1.17. The largest absolute Gasteiger partial charge is 0.460 e. The quantitative estimate of drug-likeness (QED) is 0.352. The third-order valence-corrected chi connectivity index (χ3v) is 2.09. The van der Waals surface area contributed by atoms with Crippen LogP contribution in [0.3, 0.4) is 0 Å². The summed E-state index contributed by atoms with van der Waals surface area (Å²) in [5.74, 6) is -0.775. The fraction of sp³-hybridized carbons (Fsp3) is 0.333. The van der Waals surface area contributed by atoms with E-state index in [-0.39, 0.29) is 12.4 Å². The normalized spacial score (nSPS) is 11.1. The molecule has 5 nitrogen and oxygen atoms in total. The SMILES string of the molecule is CCOC(=O)/C(N)=N/NCc1ccc(C)cc1. The Balaban J connectivity index is 2.43. The van der Waals surface area contributed by atoms with Crippen LogP contribution in [0.2, 0.25) is 0 Å². The van der Waals surface area contributed by atoms with Gasteiger partial charge in [0.25, 0.3) is 0 Å². The van der Waals surface area contributed by atoms with Crippen LogP contribution in [0.15, 0.2) is 29.4 Å². The van der Waals surface area contributed by atoms with Gasteiger partial charge in [-0.1, -0.05) is 29.8 Å². The van der Waals surface area contributed by atoms with E-state index in [2.05, 4.69) is 15.3 Å². The number of carbonyl (C=O) groups is 1. The van der Waals surface area contributed by atoms with Gasteiger partial charge in [0.15, 0.2) is 0 Å². The van der Waals surface area contributed by atoms with Crippen LogP contribution < -0.4 is 11.2 Å². The van der Waals surface area contributed by atoms with E-state index >= 15 is 0 Å². The van der Waals surface area contributed by atoms with Gasteiger partial charge in [0.05, 0.1) is 13.2 Å². The number of hydrazone groups is 1. The number of hydrogen-bond acceptors (Lipinski definition) is 4. The first-order valence-electron chi connectivity index (χ1n) is 5.42. The molecule has 0 aliphatic rings. The highest BCUT2D eigenvalue weighted by Crippen LogP contribution is 2.02. The summed E-state index contributed by atoms with van der Waals surface area (Å²) in [6.07, 6.45) is 0. The maximum absolute atomic E-state index is 11.1. The van der Waals surface area contributed by atoms with Crippen molar-refractivity contribution in [3.63, 3.8) is 0 Å². The highest BCUT2D eigenvalue weighted by atomic mass is 16.5. The van der Waals surface area contributed by atoms with Crippen molar-refractivity contribution in [2.45, 2.75) is 20.4 Å². The van der Waals surface area contributed by atoms with E-state index in [1.54, 1.807) is 6.92 Å². The molecule has 0 aliphatic heterocycles. The number of carbonyl (C=O) groups excluding carboxylic acids is 1. The number of esters is 1. The molecule has 0 heterocycles. The van der Waals surface area contributed by atoms with Gasteiger partial charge in [-0.2, -0.15) is 5.10 Å². The first-order valence-corrected chi connectivity index (χ1v) is 5.42. The van der Waals surface area contributed by atoms with E-state index in [9.17, 15) is 4.79 Å². The molecule has 3 N–H and O–H groups in total. The van der Waals surface area contributed by atoms with Crippen molar-refractivity contribution in [1.29, 1.82) is 0 Å². The Bertz CT molecular complexity index is 399. The number of aryl methyl sites for hydroxylation is 1. The zero-order valence-electron chi connectivity index (χ0n) is 10.1. The lowest BCUT2D eigenvalue weighted by molar-refractivity contribution is -0.135. The molecule has 92 valence electrons. The van der Waals surface area contributed by atoms with Crippen molar-refractivity contribution in [2.75, 3.05) is 6.61 Å². The van der Waals surface area contributed by atoms with Crippen LogP contribution in [0.4, 0.5) is 0 Å². The summed E-state index contributed by atoms with van der Waals surface area (Å²) in [7, 11) is 0. The molecule has 0 aliphatic carbocycles. The topological polar surface area (TPSA) is 76.7 Å². The Labute approximate surface area is 101 Å². The van der Waals surface area contributed by atoms with Gasteiger partial charge < -0.3 is 15.9 Å². The zero-order chi connectivity index (χ0) is 12.7. The number of amidine groups is 1. The van der Waals surface area contributed by atoms with Gasteiger partial charge in [0.2, 0.25) is 5.84 Å². The maximum Gasteiger partial charge on any atom is 0.375 e. The molecule has 0 radical (unpaired) electrons. The van der Waals surface area contributed by atoms with E-state index < -0.39 is 5.97 Å². The Kier molecular flexibility index (Phi) is 5.00. The van der Waals surface area contributed by atoms with Crippen LogP contribution in [-0.2, 0) is 16.1 Å². The molecule has 0 bridgehead atoms. The molecular weight excluding hydrogens is 218 g/mol. The Morgan fingerprint density at radius 1 is 1.41 bits per heavy atom. The lowest BCUT2D eigenvalue weighted by Crippen LogP contribution is -2.28. The van der Waals surface area contributed by atoms with Gasteiger partial charge in [-0.15, -0.1) is 0 Å². The second-order valence-corrected chi connectivity index (χ2v) is 3.54. The smallest absolute Gasteiger partial charge is 0.375 e. The summed E-state index contributed by atoms with van der Waals surface area (Å²) in [6, 6.07) is 7.99. The number of rotatable bonds is 4. The second kappa shape index (κ2) is 6.52. The van der Waals surface area contributed by atoms with Crippen molar-refractivity contribution < 1.29 is 9.53 Å². The number of nitrogens with one attached hydrogen (secondary N) is 1. The Hall–Kier alpha value is -2.04. The maximum atomic E-state index is 11.1. The monoisotopic (exact) mass is 235 g/mol. The average molecular weight is 235 g/mol. The second-order valence-electron chi connectivity index (χ2n) is 3.54. The minimum atomic E-state index is -0.607.